The van der Waals surface area contributed by atoms with Gasteiger partial charge >= 0.3 is 6.03 Å². The van der Waals surface area contributed by atoms with E-state index in [0.29, 0.717) is 13.2 Å². The van der Waals surface area contributed by atoms with E-state index in [1.807, 2.05) is 45.0 Å². The molecule has 3 amide bonds. The molecule has 3 aliphatic rings. The second kappa shape index (κ2) is 7.28. The lowest BCUT2D eigenvalue weighted by Gasteiger charge is -2.39. The molecule has 3 aliphatic heterocycles. The number of piperidine rings is 1. The van der Waals surface area contributed by atoms with Crippen LogP contribution >= 0.6 is 0 Å². The van der Waals surface area contributed by atoms with E-state index in [4.69, 9.17) is 9.47 Å². The van der Waals surface area contributed by atoms with Gasteiger partial charge in [0.15, 0.2) is 11.5 Å². The highest BCUT2D eigenvalue weighted by Crippen LogP contribution is 2.32. The van der Waals surface area contributed by atoms with Gasteiger partial charge in [0.25, 0.3) is 5.91 Å². The Morgan fingerprint density at radius 1 is 1.14 bits per heavy atom. The number of benzene rings is 1. The third-order valence-electron chi connectivity index (χ3n) is 5.68. The summed E-state index contributed by atoms with van der Waals surface area (Å²) in [5.74, 6) is 1.47. The minimum atomic E-state index is -0.351. The van der Waals surface area contributed by atoms with Crippen molar-refractivity contribution in [2.45, 2.75) is 51.3 Å². The zero-order chi connectivity index (χ0) is 19.9. The third-order valence-corrected chi connectivity index (χ3v) is 5.68. The molecule has 2 fully saturated rings. The fourth-order valence-electron chi connectivity index (χ4n) is 4.25. The molecule has 4 rings (SSSR count). The van der Waals surface area contributed by atoms with E-state index in [1.165, 1.54) is 4.90 Å². The van der Waals surface area contributed by atoms with Crippen LogP contribution in [0.25, 0.3) is 0 Å². The van der Waals surface area contributed by atoms with Crippen molar-refractivity contribution in [3.8, 4) is 11.5 Å². The summed E-state index contributed by atoms with van der Waals surface area (Å²) in [5.41, 5.74) is -0.351. The predicted octanol–water partition coefficient (Wildman–Crippen LogP) is 2.35. The molecule has 0 aliphatic carbocycles. The van der Waals surface area contributed by atoms with E-state index in [2.05, 4.69) is 4.90 Å². The summed E-state index contributed by atoms with van der Waals surface area (Å²) < 4.78 is 11.9. The van der Waals surface area contributed by atoms with E-state index in [0.717, 1.165) is 37.4 Å². The lowest BCUT2D eigenvalue weighted by Crippen LogP contribution is -2.54. The average molecular weight is 387 g/mol. The quantitative estimate of drug-likeness (QED) is 0.745. The Morgan fingerprint density at radius 3 is 2.61 bits per heavy atom. The molecule has 0 bridgehead atoms. The van der Waals surface area contributed by atoms with Gasteiger partial charge in [-0.05, 0) is 52.3 Å². The number of hydrogen-bond donors (Lipinski definition) is 0. The molecule has 7 heteroatoms. The Balaban J connectivity index is 1.39. The largest absolute Gasteiger partial charge is 0.486 e. The lowest BCUT2D eigenvalue weighted by molar-refractivity contribution is -0.127. The first kappa shape index (κ1) is 19.1. The van der Waals surface area contributed by atoms with Crippen LogP contribution in [0.2, 0.25) is 0 Å². The number of rotatable bonds is 3. The fourth-order valence-corrected chi connectivity index (χ4v) is 4.25. The van der Waals surface area contributed by atoms with Crippen LogP contribution in [-0.2, 0) is 4.79 Å². The van der Waals surface area contributed by atoms with Crippen molar-refractivity contribution in [1.29, 1.82) is 0 Å². The first-order valence-corrected chi connectivity index (χ1v) is 10.1. The van der Waals surface area contributed by atoms with Crippen LogP contribution in [0.4, 0.5) is 4.79 Å². The standard InChI is InChI=1S/C21H29N3O4/c1-21(2,3)23-13-19(25)24(20(23)26)15-7-6-10-22(11-15)12-16-14-27-17-8-4-5-9-18(17)28-16/h4-5,8-9,15-16H,6-7,10-14H2,1-3H3. The fraction of sp³-hybridized carbons (Fsp3) is 0.619. The van der Waals surface area contributed by atoms with Gasteiger partial charge in [0, 0.05) is 18.6 Å². The molecular formula is C21H29N3O4. The highest BCUT2D eigenvalue weighted by molar-refractivity contribution is 6.02. The van der Waals surface area contributed by atoms with Crippen molar-refractivity contribution in [3.05, 3.63) is 24.3 Å². The summed E-state index contributed by atoms with van der Waals surface area (Å²) >= 11 is 0. The van der Waals surface area contributed by atoms with Gasteiger partial charge in [0.05, 0.1) is 6.04 Å². The summed E-state index contributed by atoms with van der Waals surface area (Å²) in [5, 5.41) is 0. The molecule has 2 saturated heterocycles. The van der Waals surface area contributed by atoms with E-state index < -0.39 is 0 Å². The van der Waals surface area contributed by atoms with Crippen molar-refractivity contribution in [3.63, 3.8) is 0 Å². The maximum Gasteiger partial charge on any atom is 0.327 e. The van der Waals surface area contributed by atoms with Crippen molar-refractivity contribution < 1.29 is 19.1 Å². The van der Waals surface area contributed by atoms with Crippen LogP contribution in [0.3, 0.4) is 0 Å². The van der Waals surface area contributed by atoms with Crippen molar-refractivity contribution in [1.82, 2.24) is 14.7 Å². The Bertz CT molecular complexity index is 760. The number of likely N-dealkylation sites (tertiary alicyclic amines) is 1. The van der Waals surface area contributed by atoms with E-state index in [9.17, 15) is 9.59 Å². The highest BCUT2D eigenvalue weighted by Gasteiger charge is 2.45. The zero-order valence-electron chi connectivity index (χ0n) is 16.9. The molecule has 3 heterocycles. The molecule has 0 radical (unpaired) electrons. The zero-order valence-corrected chi connectivity index (χ0v) is 16.9. The molecule has 152 valence electrons. The van der Waals surface area contributed by atoms with E-state index in [-0.39, 0.29) is 36.2 Å². The number of urea groups is 1. The van der Waals surface area contributed by atoms with Crippen LogP contribution in [0.15, 0.2) is 24.3 Å². The number of para-hydroxylation sites is 2. The van der Waals surface area contributed by atoms with Gasteiger partial charge in [-0.1, -0.05) is 12.1 Å². The maximum atomic E-state index is 12.9. The molecule has 0 spiro atoms. The van der Waals surface area contributed by atoms with E-state index >= 15 is 0 Å². The minimum Gasteiger partial charge on any atom is -0.486 e. The monoisotopic (exact) mass is 387 g/mol. The highest BCUT2D eigenvalue weighted by atomic mass is 16.6. The summed E-state index contributed by atoms with van der Waals surface area (Å²) in [6.45, 7) is 8.94. The first-order valence-electron chi connectivity index (χ1n) is 10.1. The Morgan fingerprint density at radius 2 is 1.89 bits per heavy atom. The second-order valence-electron chi connectivity index (χ2n) is 8.86. The predicted molar refractivity (Wildman–Crippen MR) is 105 cm³/mol. The van der Waals surface area contributed by atoms with Gasteiger partial charge in [-0.3, -0.25) is 14.6 Å². The first-order chi connectivity index (χ1) is 13.3. The summed E-state index contributed by atoms with van der Waals surface area (Å²) in [6, 6.07) is 7.47. The minimum absolute atomic E-state index is 0.0512. The van der Waals surface area contributed by atoms with Crippen molar-refractivity contribution in [2.24, 2.45) is 0 Å². The van der Waals surface area contributed by atoms with Gasteiger partial charge in [-0.2, -0.15) is 0 Å². The molecule has 28 heavy (non-hydrogen) atoms. The molecule has 0 saturated carbocycles. The molecule has 2 atom stereocenters. The van der Waals surface area contributed by atoms with Crippen LogP contribution in [0, 0.1) is 0 Å². The lowest BCUT2D eigenvalue weighted by atomic mass is 10.0. The number of carbonyl (C=O) groups excluding carboxylic acids is 2. The van der Waals surface area contributed by atoms with Gasteiger partial charge in [-0.25, -0.2) is 4.79 Å². The number of amides is 3. The number of hydrogen-bond acceptors (Lipinski definition) is 5. The topological polar surface area (TPSA) is 62.3 Å². The average Bonchev–Trinajstić information content (AvgIpc) is 2.96. The summed E-state index contributed by atoms with van der Waals surface area (Å²) in [7, 11) is 0. The van der Waals surface area contributed by atoms with Gasteiger partial charge in [0.1, 0.15) is 19.3 Å². The van der Waals surface area contributed by atoms with Gasteiger partial charge in [-0.15, -0.1) is 0 Å². The van der Waals surface area contributed by atoms with Crippen molar-refractivity contribution in [2.75, 3.05) is 32.8 Å². The number of imide groups is 1. The van der Waals surface area contributed by atoms with Crippen LogP contribution in [-0.4, -0.2) is 77.1 Å². The Kier molecular flexibility index (Phi) is 4.95. The third kappa shape index (κ3) is 3.68. The van der Waals surface area contributed by atoms with Crippen LogP contribution in [0.5, 0.6) is 11.5 Å². The number of ether oxygens (including phenoxy) is 2. The SMILES string of the molecule is CC(C)(C)N1CC(=O)N(C2CCCN(CC3COc4ccccc4O3)C2)C1=O. The van der Waals surface area contributed by atoms with Crippen LogP contribution < -0.4 is 9.47 Å². The molecule has 2 unspecified atom stereocenters. The molecule has 0 aromatic heterocycles. The maximum absolute atomic E-state index is 12.9. The number of fused-ring (bicyclic) bond motifs is 1. The molecule has 1 aromatic rings. The molecule has 1 aromatic carbocycles. The van der Waals surface area contributed by atoms with Gasteiger partial charge in [0.2, 0.25) is 0 Å². The molecule has 7 nitrogen and oxygen atoms in total. The summed E-state index contributed by atoms with van der Waals surface area (Å²) in [4.78, 5) is 30.9. The van der Waals surface area contributed by atoms with Crippen molar-refractivity contribution >= 4 is 11.9 Å². The van der Waals surface area contributed by atoms with Crippen LogP contribution in [0.1, 0.15) is 33.6 Å². The number of nitrogens with zero attached hydrogens (tertiary/aromatic N) is 3. The number of carbonyl (C=O) groups is 2. The normalized spacial score (nSPS) is 26.1. The summed E-state index contributed by atoms with van der Waals surface area (Å²) in [6.07, 6.45) is 1.77. The second-order valence-corrected chi connectivity index (χ2v) is 8.86. The van der Waals surface area contributed by atoms with Gasteiger partial charge < -0.3 is 14.4 Å². The molecule has 0 N–H and O–H groups in total. The molecular weight excluding hydrogens is 358 g/mol. The Labute approximate surface area is 166 Å². The van der Waals surface area contributed by atoms with E-state index in [1.54, 1.807) is 4.90 Å². The Hall–Kier alpha value is -2.28. The smallest absolute Gasteiger partial charge is 0.327 e.